The molecule has 0 aliphatic carbocycles. The molecule has 0 fully saturated rings. The third-order valence-corrected chi connectivity index (χ3v) is 5.45. The quantitative estimate of drug-likeness (QED) is 0.400. The molecular formula is C19H15F3N2OS2. The van der Waals surface area contributed by atoms with Gasteiger partial charge < -0.3 is 5.32 Å². The van der Waals surface area contributed by atoms with Gasteiger partial charge in [0.1, 0.15) is 5.82 Å². The number of hydrogen-bond donors (Lipinski definition) is 1. The third-order valence-electron chi connectivity index (χ3n) is 3.60. The van der Waals surface area contributed by atoms with E-state index in [1.807, 2.05) is 0 Å². The van der Waals surface area contributed by atoms with Crippen molar-refractivity contribution in [2.45, 2.75) is 17.7 Å². The maximum Gasteiger partial charge on any atom is 0.226 e. The van der Waals surface area contributed by atoms with Crippen LogP contribution in [-0.2, 0) is 4.79 Å². The summed E-state index contributed by atoms with van der Waals surface area (Å²) in [7, 11) is 0. The predicted octanol–water partition coefficient (Wildman–Crippen LogP) is 5.74. The molecular weight excluding hydrogens is 393 g/mol. The molecule has 1 heterocycles. The number of thioether (sulfide) groups is 1. The molecule has 2 aromatic carbocycles. The molecule has 0 bridgehead atoms. The van der Waals surface area contributed by atoms with E-state index in [1.54, 1.807) is 29.3 Å². The van der Waals surface area contributed by atoms with Gasteiger partial charge in [0.05, 0.1) is 5.69 Å². The van der Waals surface area contributed by atoms with Crippen LogP contribution in [0.5, 0.6) is 0 Å². The molecule has 0 atom stereocenters. The lowest BCUT2D eigenvalue weighted by Gasteiger charge is -2.03. The molecule has 0 radical (unpaired) electrons. The minimum absolute atomic E-state index is 0.166. The summed E-state index contributed by atoms with van der Waals surface area (Å²) in [6.07, 6.45) is 0.990. The molecule has 0 saturated carbocycles. The average Bonchev–Trinajstić information content (AvgIpc) is 3.11. The maximum absolute atomic E-state index is 13.3. The van der Waals surface area contributed by atoms with Crippen molar-refractivity contribution in [2.24, 2.45) is 0 Å². The zero-order chi connectivity index (χ0) is 19.2. The Morgan fingerprint density at radius 2 is 1.85 bits per heavy atom. The van der Waals surface area contributed by atoms with E-state index in [9.17, 15) is 18.0 Å². The molecule has 0 aliphatic rings. The normalized spacial score (nSPS) is 10.8. The van der Waals surface area contributed by atoms with Gasteiger partial charge >= 0.3 is 0 Å². The number of carbonyl (C=O) groups is 1. The number of hydrogen-bond acceptors (Lipinski definition) is 4. The Hall–Kier alpha value is -2.32. The number of thiazole rings is 1. The van der Waals surface area contributed by atoms with Crippen LogP contribution >= 0.6 is 23.1 Å². The zero-order valence-electron chi connectivity index (χ0n) is 14.0. The monoisotopic (exact) mass is 408 g/mol. The first kappa shape index (κ1) is 19.4. The number of rotatable bonds is 7. The third kappa shape index (κ3) is 5.58. The topological polar surface area (TPSA) is 42.0 Å². The first-order valence-corrected chi connectivity index (χ1v) is 9.97. The lowest BCUT2D eigenvalue weighted by atomic mass is 10.2. The first-order chi connectivity index (χ1) is 13.0. The molecule has 1 amide bonds. The van der Waals surface area contributed by atoms with E-state index in [2.05, 4.69) is 10.3 Å². The fraction of sp³-hybridized carbons (Fsp3) is 0.158. The summed E-state index contributed by atoms with van der Waals surface area (Å²) in [5.41, 5.74) is 0.919. The fourth-order valence-corrected chi connectivity index (χ4v) is 3.84. The van der Waals surface area contributed by atoms with Gasteiger partial charge in [-0.05, 0) is 54.6 Å². The van der Waals surface area contributed by atoms with Crippen LogP contribution in [-0.4, -0.2) is 16.6 Å². The number of aromatic nitrogens is 1. The van der Waals surface area contributed by atoms with Gasteiger partial charge in [-0.15, -0.1) is 23.1 Å². The molecule has 3 nitrogen and oxygen atoms in total. The van der Waals surface area contributed by atoms with Crippen LogP contribution in [0.25, 0.3) is 11.3 Å². The van der Waals surface area contributed by atoms with Crippen LogP contribution < -0.4 is 5.32 Å². The highest BCUT2D eigenvalue weighted by Gasteiger charge is 2.10. The van der Waals surface area contributed by atoms with E-state index in [0.29, 0.717) is 29.2 Å². The van der Waals surface area contributed by atoms with Crippen LogP contribution in [0.1, 0.15) is 12.8 Å². The molecule has 3 rings (SSSR count). The van der Waals surface area contributed by atoms with Gasteiger partial charge in [-0.3, -0.25) is 4.79 Å². The number of nitrogens with zero attached hydrogens (tertiary/aromatic N) is 1. The highest BCUT2D eigenvalue weighted by molar-refractivity contribution is 7.99. The van der Waals surface area contributed by atoms with Crippen molar-refractivity contribution >= 4 is 34.1 Å². The van der Waals surface area contributed by atoms with E-state index < -0.39 is 11.6 Å². The Labute approximate surface area is 162 Å². The summed E-state index contributed by atoms with van der Waals surface area (Å²) in [5.74, 6) is -1.56. The molecule has 27 heavy (non-hydrogen) atoms. The standard InChI is InChI=1S/C19H15F3N2OS2/c20-13-4-6-14(7-5-13)26-9-1-2-18(25)24-19-23-17(11-27-19)12-3-8-15(21)16(22)10-12/h3-8,10-11H,1-2,9H2,(H,23,24,25). The molecule has 0 unspecified atom stereocenters. The number of halogens is 3. The van der Waals surface area contributed by atoms with E-state index in [4.69, 9.17) is 0 Å². The molecule has 1 N–H and O–H groups in total. The summed E-state index contributed by atoms with van der Waals surface area (Å²) in [4.78, 5) is 17.2. The van der Waals surface area contributed by atoms with Crippen LogP contribution in [0.2, 0.25) is 0 Å². The van der Waals surface area contributed by atoms with Gasteiger partial charge in [0, 0.05) is 22.3 Å². The van der Waals surface area contributed by atoms with Crippen molar-refractivity contribution in [3.63, 3.8) is 0 Å². The number of carbonyl (C=O) groups excluding carboxylic acids is 1. The summed E-state index contributed by atoms with van der Waals surface area (Å²) < 4.78 is 39.1. The Morgan fingerprint density at radius 1 is 1.07 bits per heavy atom. The van der Waals surface area contributed by atoms with Crippen LogP contribution in [0.4, 0.5) is 18.3 Å². The summed E-state index contributed by atoms with van der Waals surface area (Å²) in [5, 5.41) is 4.79. The van der Waals surface area contributed by atoms with Crippen molar-refractivity contribution < 1.29 is 18.0 Å². The van der Waals surface area contributed by atoms with Crippen molar-refractivity contribution in [2.75, 3.05) is 11.1 Å². The van der Waals surface area contributed by atoms with Gasteiger partial charge in [-0.1, -0.05) is 0 Å². The zero-order valence-corrected chi connectivity index (χ0v) is 15.7. The van der Waals surface area contributed by atoms with Gasteiger partial charge in [0.15, 0.2) is 16.8 Å². The molecule has 0 spiro atoms. The van der Waals surface area contributed by atoms with Gasteiger partial charge in [0.2, 0.25) is 5.91 Å². The number of amides is 1. The second-order valence-corrected chi connectivity index (χ2v) is 7.65. The lowest BCUT2D eigenvalue weighted by Crippen LogP contribution is -2.11. The summed E-state index contributed by atoms with van der Waals surface area (Å²) in [6, 6.07) is 9.77. The van der Waals surface area contributed by atoms with E-state index in [1.165, 1.54) is 29.5 Å². The van der Waals surface area contributed by atoms with Gasteiger partial charge in [-0.25, -0.2) is 18.2 Å². The SMILES string of the molecule is O=C(CCCSc1ccc(F)cc1)Nc1nc(-c2ccc(F)c(F)c2)cs1. The molecule has 8 heteroatoms. The predicted molar refractivity (Wildman–Crippen MR) is 102 cm³/mol. The summed E-state index contributed by atoms with van der Waals surface area (Å²) >= 11 is 2.78. The second kappa shape index (κ2) is 9.05. The fourth-order valence-electron chi connectivity index (χ4n) is 2.25. The second-order valence-electron chi connectivity index (χ2n) is 5.62. The first-order valence-electron chi connectivity index (χ1n) is 8.10. The van der Waals surface area contributed by atoms with E-state index in [0.717, 1.165) is 22.8 Å². The van der Waals surface area contributed by atoms with Gasteiger partial charge in [-0.2, -0.15) is 0 Å². The minimum atomic E-state index is -0.940. The average molecular weight is 408 g/mol. The smallest absolute Gasteiger partial charge is 0.226 e. The lowest BCUT2D eigenvalue weighted by molar-refractivity contribution is -0.116. The molecule has 1 aromatic heterocycles. The molecule has 140 valence electrons. The molecule has 3 aromatic rings. The van der Waals surface area contributed by atoms with Crippen molar-refractivity contribution in [1.82, 2.24) is 4.98 Å². The number of anilines is 1. The molecule has 0 saturated heterocycles. The summed E-state index contributed by atoms with van der Waals surface area (Å²) in [6.45, 7) is 0. The number of nitrogens with one attached hydrogen (secondary N) is 1. The van der Waals surface area contributed by atoms with Crippen molar-refractivity contribution in [3.05, 3.63) is 65.3 Å². The van der Waals surface area contributed by atoms with Crippen molar-refractivity contribution in [3.8, 4) is 11.3 Å². The molecule has 0 aliphatic heterocycles. The minimum Gasteiger partial charge on any atom is -0.302 e. The maximum atomic E-state index is 13.3. The Kier molecular flexibility index (Phi) is 6.52. The van der Waals surface area contributed by atoms with Crippen LogP contribution in [0.15, 0.2) is 52.7 Å². The largest absolute Gasteiger partial charge is 0.302 e. The van der Waals surface area contributed by atoms with Crippen LogP contribution in [0.3, 0.4) is 0 Å². The van der Waals surface area contributed by atoms with E-state index in [-0.39, 0.29) is 11.7 Å². The number of benzene rings is 2. The van der Waals surface area contributed by atoms with Gasteiger partial charge in [0.25, 0.3) is 0 Å². The van der Waals surface area contributed by atoms with E-state index >= 15 is 0 Å². The van der Waals surface area contributed by atoms with Crippen molar-refractivity contribution in [1.29, 1.82) is 0 Å². The Balaban J connectivity index is 1.46. The Morgan fingerprint density at radius 3 is 2.59 bits per heavy atom. The highest BCUT2D eigenvalue weighted by atomic mass is 32.2. The Bertz CT molecular complexity index is 929. The highest BCUT2D eigenvalue weighted by Crippen LogP contribution is 2.26. The van der Waals surface area contributed by atoms with Crippen LogP contribution in [0, 0.1) is 17.5 Å².